The van der Waals surface area contributed by atoms with Crippen LogP contribution in [0.25, 0.3) is 0 Å². The summed E-state index contributed by atoms with van der Waals surface area (Å²) in [6.45, 7) is 1.65. The molecule has 0 bridgehead atoms. The van der Waals surface area contributed by atoms with Crippen LogP contribution < -0.4 is 4.74 Å². The molecule has 0 radical (unpaired) electrons. The highest BCUT2D eigenvalue weighted by molar-refractivity contribution is 6.09. The summed E-state index contributed by atoms with van der Waals surface area (Å²) in [5, 5.41) is 0. The second-order valence-electron chi connectivity index (χ2n) is 5.11. The van der Waals surface area contributed by atoms with Crippen molar-refractivity contribution < 1.29 is 13.9 Å². The first-order valence-corrected chi connectivity index (χ1v) is 6.71. The zero-order valence-electron chi connectivity index (χ0n) is 11.2. The largest absolute Gasteiger partial charge is 0.490 e. The SMILES string of the molecule is Cc1cccc(C(=O)c2ccc(OC3CC3)cc2)c1F. The number of ketones is 1. The van der Waals surface area contributed by atoms with E-state index < -0.39 is 5.82 Å². The lowest BCUT2D eigenvalue weighted by molar-refractivity contribution is 0.103. The Hall–Kier alpha value is -2.16. The van der Waals surface area contributed by atoms with Crippen LogP contribution in [0.1, 0.15) is 34.3 Å². The van der Waals surface area contributed by atoms with Gasteiger partial charge < -0.3 is 4.74 Å². The quantitative estimate of drug-likeness (QED) is 0.787. The van der Waals surface area contributed by atoms with Crippen molar-refractivity contribution in [3.63, 3.8) is 0 Å². The molecule has 2 aromatic rings. The van der Waals surface area contributed by atoms with E-state index in [0.717, 1.165) is 18.6 Å². The minimum Gasteiger partial charge on any atom is -0.490 e. The summed E-state index contributed by atoms with van der Waals surface area (Å²) in [5.41, 5.74) is 1.06. The first-order valence-electron chi connectivity index (χ1n) is 6.71. The van der Waals surface area contributed by atoms with Gasteiger partial charge in [-0.2, -0.15) is 0 Å². The van der Waals surface area contributed by atoms with Gasteiger partial charge in [-0.05, 0) is 55.7 Å². The molecule has 1 aliphatic rings. The number of halogens is 1. The Morgan fingerprint density at radius 3 is 2.50 bits per heavy atom. The van der Waals surface area contributed by atoms with Crippen molar-refractivity contribution in [2.45, 2.75) is 25.9 Å². The number of carbonyl (C=O) groups excluding carboxylic acids is 1. The third kappa shape index (κ3) is 2.57. The molecule has 102 valence electrons. The second kappa shape index (κ2) is 5.08. The third-order valence-electron chi connectivity index (χ3n) is 3.38. The van der Waals surface area contributed by atoms with Gasteiger partial charge in [0.15, 0.2) is 5.78 Å². The molecule has 1 aliphatic carbocycles. The molecule has 0 heterocycles. The van der Waals surface area contributed by atoms with Crippen LogP contribution in [-0.4, -0.2) is 11.9 Å². The summed E-state index contributed by atoms with van der Waals surface area (Å²) < 4.78 is 19.6. The predicted molar refractivity (Wildman–Crippen MR) is 74.7 cm³/mol. The molecule has 0 aliphatic heterocycles. The monoisotopic (exact) mass is 270 g/mol. The van der Waals surface area contributed by atoms with Gasteiger partial charge in [-0.3, -0.25) is 4.79 Å². The Kier molecular flexibility index (Phi) is 3.26. The molecule has 0 amide bonds. The van der Waals surface area contributed by atoms with Crippen molar-refractivity contribution in [1.29, 1.82) is 0 Å². The van der Waals surface area contributed by atoms with E-state index in [1.165, 1.54) is 6.07 Å². The summed E-state index contributed by atoms with van der Waals surface area (Å²) in [6.07, 6.45) is 2.51. The van der Waals surface area contributed by atoms with Gasteiger partial charge in [0.05, 0.1) is 11.7 Å². The predicted octanol–water partition coefficient (Wildman–Crippen LogP) is 3.91. The van der Waals surface area contributed by atoms with E-state index in [0.29, 0.717) is 17.2 Å². The molecule has 2 nitrogen and oxygen atoms in total. The van der Waals surface area contributed by atoms with Crippen molar-refractivity contribution in [2.75, 3.05) is 0 Å². The van der Waals surface area contributed by atoms with E-state index >= 15 is 0 Å². The highest BCUT2D eigenvalue weighted by Gasteiger charge is 2.23. The summed E-state index contributed by atoms with van der Waals surface area (Å²) in [7, 11) is 0. The number of benzene rings is 2. The minimum atomic E-state index is -0.448. The summed E-state index contributed by atoms with van der Waals surface area (Å²) in [5.74, 6) is 0.00810. The molecule has 0 unspecified atom stereocenters. The highest BCUT2D eigenvalue weighted by atomic mass is 19.1. The average molecular weight is 270 g/mol. The van der Waals surface area contributed by atoms with Gasteiger partial charge in [0.2, 0.25) is 0 Å². The minimum absolute atomic E-state index is 0.112. The number of hydrogen-bond donors (Lipinski definition) is 0. The van der Waals surface area contributed by atoms with Crippen molar-refractivity contribution in [1.82, 2.24) is 0 Å². The van der Waals surface area contributed by atoms with E-state index in [2.05, 4.69) is 0 Å². The van der Waals surface area contributed by atoms with Gasteiger partial charge in [-0.1, -0.05) is 12.1 Å². The number of ether oxygens (including phenoxy) is 1. The summed E-state index contributed by atoms with van der Waals surface area (Å²) in [6, 6.07) is 11.7. The van der Waals surface area contributed by atoms with Crippen LogP contribution in [0.15, 0.2) is 42.5 Å². The maximum absolute atomic E-state index is 14.0. The normalized spacial score (nSPS) is 14.1. The van der Waals surface area contributed by atoms with Gasteiger partial charge in [0.25, 0.3) is 0 Å². The van der Waals surface area contributed by atoms with Crippen LogP contribution in [0.4, 0.5) is 4.39 Å². The van der Waals surface area contributed by atoms with Crippen molar-refractivity contribution in [3.05, 3.63) is 65.0 Å². The standard InChI is InChI=1S/C17H15FO2/c1-11-3-2-4-15(16(11)18)17(19)12-5-7-13(8-6-12)20-14-9-10-14/h2-8,14H,9-10H2,1H3. The topological polar surface area (TPSA) is 26.3 Å². The second-order valence-corrected chi connectivity index (χ2v) is 5.11. The first-order chi connectivity index (χ1) is 9.65. The van der Waals surface area contributed by atoms with E-state index in [-0.39, 0.29) is 11.3 Å². The van der Waals surface area contributed by atoms with Crippen molar-refractivity contribution >= 4 is 5.78 Å². The van der Waals surface area contributed by atoms with Gasteiger partial charge in [0, 0.05) is 5.56 Å². The Bertz CT molecular complexity index is 643. The smallest absolute Gasteiger partial charge is 0.195 e. The summed E-state index contributed by atoms with van der Waals surface area (Å²) in [4.78, 5) is 12.3. The first kappa shape index (κ1) is 12.9. The fourth-order valence-corrected chi connectivity index (χ4v) is 2.04. The van der Waals surface area contributed by atoms with Gasteiger partial charge >= 0.3 is 0 Å². The highest BCUT2D eigenvalue weighted by Crippen LogP contribution is 2.27. The summed E-state index contributed by atoms with van der Waals surface area (Å²) >= 11 is 0. The molecule has 2 aromatic carbocycles. The molecule has 0 N–H and O–H groups in total. The number of hydrogen-bond acceptors (Lipinski definition) is 2. The zero-order chi connectivity index (χ0) is 14.1. The molecular weight excluding hydrogens is 255 g/mol. The lowest BCUT2D eigenvalue weighted by atomic mass is 10.0. The molecule has 0 saturated heterocycles. The Balaban J connectivity index is 1.84. The molecule has 0 spiro atoms. The van der Waals surface area contributed by atoms with Crippen LogP contribution in [-0.2, 0) is 0 Å². The molecule has 3 heteroatoms. The lowest BCUT2D eigenvalue weighted by Crippen LogP contribution is -2.05. The Morgan fingerprint density at radius 2 is 1.85 bits per heavy atom. The fraction of sp³-hybridized carbons (Fsp3) is 0.235. The number of rotatable bonds is 4. The molecular formula is C17H15FO2. The Labute approximate surface area is 117 Å². The average Bonchev–Trinajstić information content (AvgIpc) is 3.26. The molecule has 20 heavy (non-hydrogen) atoms. The van der Waals surface area contributed by atoms with E-state index in [9.17, 15) is 9.18 Å². The zero-order valence-corrected chi connectivity index (χ0v) is 11.2. The Morgan fingerprint density at radius 1 is 1.15 bits per heavy atom. The van der Waals surface area contributed by atoms with Gasteiger partial charge in [0.1, 0.15) is 11.6 Å². The van der Waals surface area contributed by atoms with E-state index in [4.69, 9.17) is 4.74 Å². The van der Waals surface area contributed by atoms with E-state index in [1.807, 2.05) is 0 Å². The molecule has 3 rings (SSSR count). The third-order valence-corrected chi connectivity index (χ3v) is 3.38. The number of carbonyl (C=O) groups is 1. The molecule has 0 aromatic heterocycles. The lowest BCUT2D eigenvalue weighted by Gasteiger charge is -2.07. The van der Waals surface area contributed by atoms with Crippen LogP contribution in [0, 0.1) is 12.7 Å². The van der Waals surface area contributed by atoms with Crippen molar-refractivity contribution in [2.24, 2.45) is 0 Å². The maximum atomic E-state index is 14.0. The van der Waals surface area contributed by atoms with Gasteiger partial charge in [-0.15, -0.1) is 0 Å². The fourth-order valence-electron chi connectivity index (χ4n) is 2.04. The number of aryl methyl sites for hydroxylation is 1. The molecule has 1 fully saturated rings. The maximum Gasteiger partial charge on any atom is 0.195 e. The van der Waals surface area contributed by atoms with Crippen LogP contribution in [0.3, 0.4) is 0 Å². The van der Waals surface area contributed by atoms with E-state index in [1.54, 1.807) is 43.3 Å². The van der Waals surface area contributed by atoms with Crippen molar-refractivity contribution in [3.8, 4) is 5.75 Å². The van der Waals surface area contributed by atoms with Crippen LogP contribution in [0.5, 0.6) is 5.75 Å². The van der Waals surface area contributed by atoms with Gasteiger partial charge in [-0.25, -0.2) is 4.39 Å². The molecule has 0 atom stereocenters. The molecule has 1 saturated carbocycles. The van der Waals surface area contributed by atoms with Crippen LogP contribution >= 0.6 is 0 Å². The van der Waals surface area contributed by atoms with Crippen LogP contribution in [0.2, 0.25) is 0 Å².